The quantitative estimate of drug-likeness (QED) is 0.547. The molecule has 0 heterocycles. The molecule has 4 heteroatoms. The van der Waals surface area contributed by atoms with Crippen molar-refractivity contribution in [3.63, 3.8) is 0 Å². The fraction of sp³-hybridized carbons (Fsp3) is 0.571. The summed E-state index contributed by atoms with van der Waals surface area (Å²) in [5, 5.41) is 12.0. The van der Waals surface area contributed by atoms with Crippen molar-refractivity contribution in [1.29, 1.82) is 0 Å². The summed E-state index contributed by atoms with van der Waals surface area (Å²) in [4.78, 5) is 0. The van der Waals surface area contributed by atoms with Crippen LogP contribution < -0.4 is 5.32 Å². The van der Waals surface area contributed by atoms with Crippen molar-refractivity contribution >= 4 is 0 Å². The van der Waals surface area contributed by atoms with Crippen LogP contribution >= 0.6 is 0 Å². The Hall–Kier alpha value is -0.940. The third-order valence-electron chi connectivity index (χ3n) is 2.71. The number of ether oxygens (including phenoxy) is 2. The van der Waals surface area contributed by atoms with Gasteiger partial charge in [-0.05, 0) is 19.4 Å². The van der Waals surface area contributed by atoms with Gasteiger partial charge < -0.3 is 19.9 Å². The topological polar surface area (TPSA) is 50.7 Å². The molecule has 0 radical (unpaired) electrons. The molecule has 0 unspecified atom stereocenters. The number of aliphatic hydroxyl groups excluding tert-OH is 1. The zero-order valence-corrected chi connectivity index (χ0v) is 11.3. The van der Waals surface area contributed by atoms with E-state index < -0.39 is 5.79 Å². The Morgan fingerprint density at radius 2 is 1.94 bits per heavy atom. The molecule has 0 saturated carbocycles. The number of hydrogen-bond donors (Lipinski definition) is 2. The van der Waals surface area contributed by atoms with E-state index in [1.54, 1.807) is 7.11 Å². The summed E-state index contributed by atoms with van der Waals surface area (Å²) >= 11 is 0. The minimum atomic E-state index is -0.637. The summed E-state index contributed by atoms with van der Waals surface area (Å²) in [5.41, 5.74) is 1.09. The van der Waals surface area contributed by atoms with Crippen LogP contribution in [-0.4, -0.2) is 37.7 Å². The maximum absolute atomic E-state index is 8.80. The molecule has 0 spiro atoms. The highest BCUT2D eigenvalue weighted by Gasteiger charge is 2.23. The minimum Gasteiger partial charge on any atom is -0.395 e. The molecule has 0 bridgehead atoms. The van der Waals surface area contributed by atoms with Gasteiger partial charge in [0, 0.05) is 20.2 Å². The van der Waals surface area contributed by atoms with Crippen LogP contribution in [-0.2, 0) is 9.47 Å². The van der Waals surface area contributed by atoms with Gasteiger partial charge in [-0.1, -0.05) is 30.3 Å². The first-order valence-electron chi connectivity index (χ1n) is 6.18. The second kappa shape index (κ2) is 7.48. The van der Waals surface area contributed by atoms with Crippen LogP contribution in [0.2, 0.25) is 0 Å². The molecule has 18 heavy (non-hydrogen) atoms. The SMILES string of the molecule is COC(C)(C)O[C@@H](CNCCO)c1ccccc1. The van der Waals surface area contributed by atoms with Crippen molar-refractivity contribution in [2.45, 2.75) is 25.7 Å². The second-order valence-corrected chi connectivity index (χ2v) is 4.55. The number of aliphatic hydroxyl groups is 1. The van der Waals surface area contributed by atoms with Gasteiger partial charge in [0.1, 0.15) is 0 Å². The molecule has 0 amide bonds. The third-order valence-corrected chi connectivity index (χ3v) is 2.71. The van der Waals surface area contributed by atoms with E-state index in [9.17, 15) is 0 Å². The van der Waals surface area contributed by atoms with Gasteiger partial charge in [-0.3, -0.25) is 0 Å². The summed E-state index contributed by atoms with van der Waals surface area (Å²) in [6.07, 6.45) is -0.104. The van der Waals surface area contributed by atoms with Gasteiger partial charge in [0.25, 0.3) is 0 Å². The van der Waals surface area contributed by atoms with Gasteiger partial charge >= 0.3 is 0 Å². The molecule has 0 saturated heterocycles. The number of nitrogens with one attached hydrogen (secondary N) is 1. The minimum absolute atomic E-state index is 0.104. The molecule has 102 valence electrons. The van der Waals surface area contributed by atoms with Gasteiger partial charge in [0.05, 0.1) is 12.7 Å². The van der Waals surface area contributed by atoms with Gasteiger partial charge in [-0.2, -0.15) is 0 Å². The van der Waals surface area contributed by atoms with Gasteiger partial charge in [-0.25, -0.2) is 0 Å². The van der Waals surface area contributed by atoms with Gasteiger partial charge in [-0.15, -0.1) is 0 Å². The average molecular weight is 253 g/mol. The number of methoxy groups -OCH3 is 1. The summed E-state index contributed by atoms with van der Waals surface area (Å²) in [6, 6.07) is 9.99. The van der Waals surface area contributed by atoms with Crippen LogP contribution in [0.25, 0.3) is 0 Å². The average Bonchev–Trinajstić information content (AvgIpc) is 2.39. The Labute approximate surface area is 109 Å². The smallest absolute Gasteiger partial charge is 0.163 e. The zero-order chi connectivity index (χ0) is 13.4. The molecule has 0 aromatic heterocycles. The fourth-order valence-electron chi connectivity index (χ4n) is 1.60. The molecule has 0 aliphatic rings. The van der Waals surface area contributed by atoms with Crippen LogP contribution in [0.4, 0.5) is 0 Å². The zero-order valence-electron chi connectivity index (χ0n) is 11.3. The van der Waals surface area contributed by atoms with Crippen LogP contribution in [0, 0.1) is 0 Å². The van der Waals surface area contributed by atoms with E-state index in [4.69, 9.17) is 14.6 Å². The number of hydrogen-bond acceptors (Lipinski definition) is 4. The Morgan fingerprint density at radius 3 is 2.50 bits per heavy atom. The highest BCUT2D eigenvalue weighted by atomic mass is 16.7. The maximum atomic E-state index is 8.80. The highest BCUT2D eigenvalue weighted by molar-refractivity contribution is 5.18. The summed E-state index contributed by atoms with van der Waals surface area (Å²) in [7, 11) is 1.63. The summed E-state index contributed by atoms with van der Waals surface area (Å²) < 4.78 is 11.2. The van der Waals surface area contributed by atoms with E-state index in [1.165, 1.54) is 0 Å². The summed E-state index contributed by atoms with van der Waals surface area (Å²) in [6.45, 7) is 5.08. The van der Waals surface area contributed by atoms with Crippen molar-refractivity contribution in [2.24, 2.45) is 0 Å². The monoisotopic (exact) mass is 253 g/mol. The first-order valence-corrected chi connectivity index (χ1v) is 6.18. The Bertz CT molecular complexity index is 327. The predicted octanol–water partition coefficient (Wildman–Crippen LogP) is 1.71. The van der Waals surface area contributed by atoms with Crippen molar-refractivity contribution in [2.75, 3.05) is 26.8 Å². The lowest BCUT2D eigenvalue weighted by atomic mass is 10.1. The highest BCUT2D eigenvalue weighted by Crippen LogP contribution is 2.23. The number of benzene rings is 1. The molecule has 1 rings (SSSR count). The molecule has 4 nitrogen and oxygen atoms in total. The van der Waals surface area contributed by atoms with Crippen LogP contribution in [0.5, 0.6) is 0 Å². The molecule has 0 fully saturated rings. The Kier molecular flexibility index (Phi) is 6.29. The maximum Gasteiger partial charge on any atom is 0.163 e. The van der Waals surface area contributed by atoms with E-state index in [-0.39, 0.29) is 12.7 Å². The van der Waals surface area contributed by atoms with E-state index in [1.807, 2.05) is 44.2 Å². The largest absolute Gasteiger partial charge is 0.395 e. The lowest BCUT2D eigenvalue weighted by Crippen LogP contribution is -2.34. The molecule has 0 aliphatic carbocycles. The Morgan fingerprint density at radius 1 is 1.28 bits per heavy atom. The van der Waals surface area contributed by atoms with Crippen molar-refractivity contribution < 1.29 is 14.6 Å². The van der Waals surface area contributed by atoms with E-state index in [0.29, 0.717) is 13.1 Å². The van der Waals surface area contributed by atoms with E-state index in [2.05, 4.69) is 5.32 Å². The molecular weight excluding hydrogens is 230 g/mol. The first-order chi connectivity index (χ1) is 8.59. The summed E-state index contributed by atoms with van der Waals surface area (Å²) in [5.74, 6) is -0.637. The normalized spacial score (nSPS) is 13.6. The van der Waals surface area contributed by atoms with Crippen molar-refractivity contribution in [1.82, 2.24) is 5.32 Å². The molecule has 1 atom stereocenters. The number of rotatable bonds is 8. The predicted molar refractivity (Wildman–Crippen MR) is 71.3 cm³/mol. The lowest BCUT2D eigenvalue weighted by molar-refractivity contribution is -0.224. The van der Waals surface area contributed by atoms with Gasteiger partial charge in [0.15, 0.2) is 5.79 Å². The van der Waals surface area contributed by atoms with Crippen molar-refractivity contribution in [3.05, 3.63) is 35.9 Å². The second-order valence-electron chi connectivity index (χ2n) is 4.55. The van der Waals surface area contributed by atoms with E-state index >= 15 is 0 Å². The molecule has 1 aromatic carbocycles. The fourth-order valence-corrected chi connectivity index (χ4v) is 1.60. The molecule has 0 aliphatic heterocycles. The lowest BCUT2D eigenvalue weighted by Gasteiger charge is -2.30. The molecule has 1 aromatic rings. The van der Waals surface area contributed by atoms with Crippen molar-refractivity contribution in [3.8, 4) is 0 Å². The Balaban J connectivity index is 2.69. The molecular formula is C14H23NO3. The van der Waals surface area contributed by atoms with E-state index in [0.717, 1.165) is 5.56 Å². The standard InChI is InChI=1S/C14H23NO3/c1-14(2,17-3)18-13(11-15-9-10-16)12-7-5-4-6-8-12/h4-8,13,15-16H,9-11H2,1-3H3/t13-/m0/s1. The van der Waals surface area contributed by atoms with Crippen LogP contribution in [0.15, 0.2) is 30.3 Å². The van der Waals surface area contributed by atoms with Crippen LogP contribution in [0.1, 0.15) is 25.5 Å². The van der Waals surface area contributed by atoms with Gasteiger partial charge in [0.2, 0.25) is 0 Å². The first kappa shape index (κ1) is 15.1. The third kappa shape index (κ3) is 5.14. The molecule has 2 N–H and O–H groups in total. The van der Waals surface area contributed by atoms with Crippen LogP contribution in [0.3, 0.4) is 0 Å².